The predicted octanol–water partition coefficient (Wildman–Crippen LogP) is 4.51. The number of nitrogens with one attached hydrogen (secondary N) is 1. The Labute approximate surface area is 198 Å². The Bertz CT molecular complexity index is 1260. The van der Waals surface area contributed by atoms with Crippen LogP contribution in [0, 0.1) is 0 Å². The quantitative estimate of drug-likeness (QED) is 0.321. The number of para-hydroxylation sites is 2. The van der Waals surface area contributed by atoms with Gasteiger partial charge in [0, 0.05) is 35.2 Å². The predicted molar refractivity (Wildman–Crippen MR) is 129 cm³/mol. The molecule has 7 nitrogen and oxygen atoms in total. The molecule has 0 spiro atoms. The van der Waals surface area contributed by atoms with Gasteiger partial charge in [0.2, 0.25) is 0 Å². The first-order valence-electron chi connectivity index (χ1n) is 11.8. The maximum absolute atomic E-state index is 13.2. The fourth-order valence-corrected chi connectivity index (χ4v) is 4.84. The molecule has 1 aliphatic heterocycles. The lowest BCUT2D eigenvalue weighted by Gasteiger charge is -2.31. The molecule has 1 saturated carbocycles. The van der Waals surface area contributed by atoms with Gasteiger partial charge >= 0.3 is 6.03 Å². The van der Waals surface area contributed by atoms with Gasteiger partial charge in [-0.25, -0.2) is 4.79 Å². The molecular weight excluding hydrogens is 430 g/mol. The maximum Gasteiger partial charge on any atom is 0.331 e. The van der Waals surface area contributed by atoms with Crippen molar-refractivity contribution in [2.75, 3.05) is 6.61 Å². The maximum atomic E-state index is 13.2. The number of rotatable bonds is 7. The van der Waals surface area contributed by atoms with Crippen molar-refractivity contribution in [2.24, 2.45) is 0 Å². The molecule has 0 bridgehead atoms. The van der Waals surface area contributed by atoms with Gasteiger partial charge < -0.3 is 9.30 Å². The van der Waals surface area contributed by atoms with Crippen molar-refractivity contribution in [3.8, 4) is 5.75 Å². The molecule has 1 aliphatic carbocycles. The van der Waals surface area contributed by atoms with Gasteiger partial charge in [-0.2, -0.15) is 0 Å². The van der Waals surface area contributed by atoms with E-state index in [0.717, 1.165) is 60.9 Å². The first-order valence-corrected chi connectivity index (χ1v) is 11.8. The highest BCUT2D eigenvalue weighted by atomic mass is 16.5. The summed E-state index contributed by atoms with van der Waals surface area (Å²) in [6, 6.07) is 16.8. The van der Waals surface area contributed by atoms with E-state index in [0.29, 0.717) is 6.61 Å². The number of barbiturate groups is 1. The molecule has 0 unspecified atom stereocenters. The van der Waals surface area contributed by atoms with E-state index in [1.54, 1.807) is 6.08 Å². The fraction of sp³-hybridized carbons (Fsp3) is 0.296. The summed E-state index contributed by atoms with van der Waals surface area (Å²) < 4.78 is 7.92. The van der Waals surface area contributed by atoms with Crippen LogP contribution in [0.1, 0.15) is 37.7 Å². The molecule has 3 aromatic rings. The zero-order valence-electron chi connectivity index (χ0n) is 18.9. The number of urea groups is 1. The lowest BCUT2D eigenvalue weighted by Crippen LogP contribution is -2.57. The first-order chi connectivity index (χ1) is 16.6. The van der Waals surface area contributed by atoms with Crippen LogP contribution in [0.5, 0.6) is 5.75 Å². The Hall–Kier alpha value is -3.87. The van der Waals surface area contributed by atoms with Crippen molar-refractivity contribution < 1.29 is 19.1 Å². The van der Waals surface area contributed by atoms with Gasteiger partial charge in [0.15, 0.2) is 0 Å². The number of hydrogen-bond acceptors (Lipinski definition) is 4. The summed E-state index contributed by atoms with van der Waals surface area (Å²) >= 11 is 0. The van der Waals surface area contributed by atoms with Gasteiger partial charge in [0.1, 0.15) is 11.3 Å². The van der Waals surface area contributed by atoms with E-state index in [1.165, 1.54) is 4.90 Å². The minimum absolute atomic E-state index is 0.00168. The van der Waals surface area contributed by atoms with Gasteiger partial charge in [-0.15, -0.1) is 0 Å². The Morgan fingerprint density at radius 3 is 2.50 bits per heavy atom. The summed E-state index contributed by atoms with van der Waals surface area (Å²) in [5.74, 6) is -0.306. The standard InChI is InChI=1S/C27H27N3O4/c31-25-23(26(32)30(27(33)28-25)20-9-4-5-10-20)17-19-18-29(24-14-7-6-13-22(19)24)15-8-16-34-21-11-2-1-3-12-21/h1-3,6-7,11-14,17-18,20H,4-5,8-10,15-16H2,(H,28,31,33)/b23-17+. The van der Waals surface area contributed by atoms with Gasteiger partial charge in [-0.3, -0.25) is 19.8 Å². The highest BCUT2D eigenvalue weighted by Crippen LogP contribution is 2.29. The zero-order valence-corrected chi connectivity index (χ0v) is 18.9. The first kappa shape index (κ1) is 21.9. The van der Waals surface area contributed by atoms with Gasteiger partial charge in [-0.1, -0.05) is 49.2 Å². The fourth-order valence-electron chi connectivity index (χ4n) is 4.84. The number of fused-ring (bicyclic) bond motifs is 1. The molecule has 2 aromatic carbocycles. The number of aryl methyl sites for hydroxylation is 1. The molecule has 7 heteroatoms. The number of nitrogens with zero attached hydrogens (tertiary/aromatic N) is 2. The number of benzene rings is 2. The molecule has 174 valence electrons. The minimum Gasteiger partial charge on any atom is -0.494 e. The van der Waals surface area contributed by atoms with Gasteiger partial charge in [0.05, 0.1) is 6.61 Å². The van der Waals surface area contributed by atoms with E-state index in [4.69, 9.17) is 4.74 Å². The van der Waals surface area contributed by atoms with Crippen molar-refractivity contribution >= 4 is 34.8 Å². The molecule has 4 amide bonds. The molecule has 2 heterocycles. The topological polar surface area (TPSA) is 80.6 Å². The molecule has 2 aliphatic rings. The molecule has 1 saturated heterocycles. The molecule has 34 heavy (non-hydrogen) atoms. The van der Waals surface area contributed by atoms with Crippen molar-refractivity contribution in [3.05, 3.63) is 71.9 Å². The lowest BCUT2D eigenvalue weighted by atomic mass is 10.0. The summed E-state index contributed by atoms with van der Waals surface area (Å²) in [4.78, 5) is 39.4. The molecule has 0 atom stereocenters. The van der Waals surface area contributed by atoms with E-state index in [2.05, 4.69) is 9.88 Å². The number of aromatic nitrogens is 1. The number of carbonyl (C=O) groups excluding carboxylic acids is 3. The van der Waals surface area contributed by atoms with E-state index in [1.807, 2.05) is 60.8 Å². The lowest BCUT2D eigenvalue weighted by molar-refractivity contribution is -0.131. The van der Waals surface area contributed by atoms with Crippen molar-refractivity contribution in [3.63, 3.8) is 0 Å². The number of imide groups is 2. The summed E-state index contributed by atoms with van der Waals surface area (Å²) in [6.45, 7) is 1.30. The van der Waals surface area contributed by atoms with Crippen LogP contribution in [0.3, 0.4) is 0 Å². The molecule has 2 fully saturated rings. The zero-order chi connectivity index (χ0) is 23.5. The SMILES string of the molecule is O=C1NC(=O)N(C2CCCC2)C(=O)/C1=C/c1cn(CCCOc2ccccc2)c2ccccc12. The molecule has 1 aromatic heterocycles. The number of carbonyl (C=O) groups is 3. The van der Waals surface area contributed by atoms with Crippen LogP contribution in [-0.4, -0.2) is 40.0 Å². The monoisotopic (exact) mass is 457 g/mol. The second kappa shape index (κ2) is 9.55. The van der Waals surface area contributed by atoms with Crippen molar-refractivity contribution in [1.29, 1.82) is 0 Å². The smallest absolute Gasteiger partial charge is 0.331 e. The Morgan fingerprint density at radius 2 is 1.71 bits per heavy atom. The van der Waals surface area contributed by atoms with Crippen molar-refractivity contribution in [2.45, 2.75) is 44.7 Å². The average Bonchev–Trinajstić information content (AvgIpc) is 3.49. The average molecular weight is 458 g/mol. The van der Waals surface area contributed by atoms with Crippen LogP contribution >= 0.6 is 0 Å². The van der Waals surface area contributed by atoms with Crippen LogP contribution in [0.25, 0.3) is 17.0 Å². The number of hydrogen-bond donors (Lipinski definition) is 1. The van der Waals surface area contributed by atoms with Crippen LogP contribution in [-0.2, 0) is 16.1 Å². The van der Waals surface area contributed by atoms with Gasteiger partial charge in [-0.05, 0) is 43.5 Å². The van der Waals surface area contributed by atoms with Crippen LogP contribution in [0.15, 0.2) is 66.4 Å². The highest BCUT2D eigenvalue weighted by molar-refractivity contribution is 6.31. The van der Waals surface area contributed by atoms with Crippen LogP contribution in [0.4, 0.5) is 4.79 Å². The van der Waals surface area contributed by atoms with E-state index in [9.17, 15) is 14.4 Å². The van der Waals surface area contributed by atoms with Gasteiger partial charge in [0.25, 0.3) is 11.8 Å². The minimum atomic E-state index is -0.641. The Morgan fingerprint density at radius 1 is 0.971 bits per heavy atom. The summed E-state index contributed by atoms with van der Waals surface area (Å²) in [7, 11) is 0. The molecular formula is C27H27N3O4. The second-order valence-electron chi connectivity index (χ2n) is 8.74. The summed E-state index contributed by atoms with van der Waals surface area (Å²) in [5.41, 5.74) is 1.79. The molecule has 1 N–H and O–H groups in total. The van der Waals surface area contributed by atoms with Crippen LogP contribution < -0.4 is 10.1 Å². The highest BCUT2D eigenvalue weighted by Gasteiger charge is 2.40. The number of amides is 4. The molecule has 5 rings (SSSR count). The number of ether oxygens (including phenoxy) is 1. The van der Waals surface area contributed by atoms with Crippen molar-refractivity contribution in [1.82, 2.24) is 14.8 Å². The summed E-state index contributed by atoms with van der Waals surface area (Å²) in [5, 5.41) is 3.30. The summed E-state index contributed by atoms with van der Waals surface area (Å²) in [6.07, 6.45) is 7.90. The Kier molecular flexibility index (Phi) is 6.16. The third-order valence-electron chi connectivity index (χ3n) is 6.50. The van der Waals surface area contributed by atoms with E-state index < -0.39 is 17.8 Å². The normalized spacial score (nSPS) is 18.2. The van der Waals surface area contributed by atoms with E-state index >= 15 is 0 Å². The second-order valence-corrected chi connectivity index (χ2v) is 8.74. The molecule has 0 radical (unpaired) electrons. The largest absolute Gasteiger partial charge is 0.494 e. The third-order valence-corrected chi connectivity index (χ3v) is 6.50. The van der Waals surface area contributed by atoms with Crippen LogP contribution in [0.2, 0.25) is 0 Å². The van der Waals surface area contributed by atoms with E-state index in [-0.39, 0.29) is 11.6 Å². The third kappa shape index (κ3) is 4.33. The Balaban J connectivity index is 1.38.